The Bertz CT molecular complexity index is 331. The lowest BCUT2D eigenvalue weighted by molar-refractivity contribution is -0.145. The summed E-state index contributed by atoms with van der Waals surface area (Å²) in [5.41, 5.74) is 3.13. The van der Waals surface area contributed by atoms with E-state index in [2.05, 4.69) is 10.5 Å². The third kappa shape index (κ3) is 5.46. The molecule has 0 aliphatic heterocycles. The Labute approximate surface area is 96.0 Å². The van der Waals surface area contributed by atoms with Gasteiger partial charge in [-0.05, 0) is 38.8 Å². The van der Waals surface area contributed by atoms with E-state index in [0.717, 1.165) is 5.56 Å². The van der Waals surface area contributed by atoms with Crippen LogP contribution in [0.3, 0.4) is 0 Å². The summed E-state index contributed by atoms with van der Waals surface area (Å²) in [5, 5.41) is 0. The van der Waals surface area contributed by atoms with Crippen LogP contribution in [-0.2, 0) is 16.1 Å². The van der Waals surface area contributed by atoms with Crippen LogP contribution in [0.2, 0.25) is 0 Å². The summed E-state index contributed by atoms with van der Waals surface area (Å²) in [6.45, 7) is 5.65. The van der Waals surface area contributed by atoms with Crippen LogP contribution in [0.1, 0.15) is 32.8 Å². The van der Waals surface area contributed by atoms with Crippen molar-refractivity contribution >= 4 is 5.91 Å². The minimum atomic E-state index is -0.357. The average Bonchev–Trinajstić information content (AvgIpc) is 2.24. The maximum Gasteiger partial charge on any atom is 0.243 e. The van der Waals surface area contributed by atoms with Crippen molar-refractivity contribution in [2.75, 3.05) is 0 Å². The highest BCUT2D eigenvalue weighted by atomic mass is 16.7. The van der Waals surface area contributed by atoms with Gasteiger partial charge >= 0.3 is 0 Å². The molecule has 0 radical (unpaired) electrons. The summed E-state index contributed by atoms with van der Waals surface area (Å²) in [4.78, 5) is 20.6. The Morgan fingerprint density at radius 3 is 2.81 bits per heavy atom. The first-order valence-corrected chi connectivity index (χ1v) is 5.33. The van der Waals surface area contributed by atoms with Gasteiger partial charge < -0.3 is 0 Å². The van der Waals surface area contributed by atoms with Gasteiger partial charge in [0.25, 0.3) is 0 Å². The van der Waals surface area contributed by atoms with Crippen LogP contribution in [0.25, 0.3) is 0 Å². The summed E-state index contributed by atoms with van der Waals surface area (Å²) in [7, 11) is 0. The maximum atomic E-state index is 11.4. The van der Waals surface area contributed by atoms with Crippen molar-refractivity contribution in [3.8, 4) is 0 Å². The third-order valence-electron chi connectivity index (χ3n) is 1.83. The number of hydrogen-bond acceptors (Lipinski definition) is 3. The molecule has 0 atom stereocenters. The molecule has 1 rings (SSSR count). The number of hydroxylamine groups is 1. The zero-order valence-corrected chi connectivity index (χ0v) is 9.99. The largest absolute Gasteiger partial charge is 0.273 e. The molecular weight excluding hydrogens is 204 g/mol. The van der Waals surface area contributed by atoms with Gasteiger partial charge in [-0.15, -0.1) is 0 Å². The van der Waals surface area contributed by atoms with Crippen molar-refractivity contribution in [1.29, 1.82) is 0 Å². The number of pyridine rings is 1. The summed E-state index contributed by atoms with van der Waals surface area (Å²) >= 11 is 0. The summed E-state index contributed by atoms with van der Waals surface area (Å²) in [6.07, 6.45) is 4.55. The van der Waals surface area contributed by atoms with Crippen molar-refractivity contribution in [2.24, 2.45) is 0 Å². The lowest BCUT2D eigenvalue weighted by atomic mass is 10.1. The molecular formula is C12H18N2O2. The number of aryl methyl sites for hydroxylation is 1. The van der Waals surface area contributed by atoms with E-state index in [4.69, 9.17) is 4.84 Å². The Hall–Kier alpha value is -1.42. The van der Waals surface area contributed by atoms with Gasteiger partial charge in [0.1, 0.15) is 0 Å². The molecule has 0 aliphatic carbocycles. The number of hydrogen-bond donors (Lipinski definition) is 1. The number of carbonyl (C=O) groups excluding carboxylic acids is 1. The standard InChI is InChI=1S/C12H18N2O2/c1-12(2,3)16-14-11(15)7-6-10-5-4-8-13-9-10/h4-5,8-9H,6-7H2,1-3H3,(H,14,15). The first-order chi connectivity index (χ1) is 7.47. The molecule has 1 N–H and O–H groups in total. The van der Waals surface area contributed by atoms with Crippen molar-refractivity contribution in [3.63, 3.8) is 0 Å². The molecule has 1 aromatic heterocycles. The topological polar surface area (TPSA) is 51.2 Å². The molecule has 0 spiro atoms. The summed E-state index contributed by atoms with van der Waals surface area (Å²) < 4.78 is 0. The highest BCUT2D eigenvalue weighted by Gasteiger charge is 2.12. The van der Waals surface area contributed by atoms with Crippen LogP contribution in [0, 0.1) is 0 Å². The highest BCUT2D eigenvalue weighted by molar-refractivity contribution is 5.75. The fraction of sp³-hybridized carbons (Fsp3) is 0.500. The number of nitrogens with one attached hydrogen (secondary N) is 1. The predicted molar refractivity (Wildman–Crippen MR) is 61.5 cm³/mol. The number of aromatic nitrogens is 1. The SMILES string of the molecule is CC(C)(C)ONC(=O)CCc1cccnc1. The molecule has 4 heteroatoms. The quantitative estimate of drug-likeness (QED) is 0.791. The molecule has 0 fully saturated rings. The molecule has 1 heterocycles. The zero-order valence-electron chi connectivity index (χ0n) is 9.99. The lowest BCUT2D eigenvalue weighted by Gasteiger charge is -2.18. The maximum absolute atomic E-state index is 11.4. The minimum Gasteiger partial charge on any atom is -0.273 e. The second-order valence-corrected chi connectivity index (χ2v) is 4.60. The van der Waals surface area contributed by atoms with E-state index in [1.807, 2.05) is 32.9 Å². The van der Waals surface area contributed by atoms with Crippen LogP contribution in [-0.4, -0.2) is 16.5 Å². The first kappa shape index (κ1) is 12.6. The van der Waals surface area contributed by atoms with E-state index in [1.165, 1.54) is 0 Å². The molecule has 4 nitrogen and oxygen atoms in total. The molecule has 1 aromatic rings. The molecule has 16 heavy (non-hydrogen) atoms. The first-order valence-electron chi connectivity index (χ1n) is 5.33. The van der Waals surface area contributed by atoms with Crippen molar-refractivity contribution in [1.82, 2.24) is 10.5 Å². The molecule has 1 amide bonds. The summed E-state index contributed by atoms with van der Waals surface area (Å²) in [6, 6.07) is 3.81. The second kappa shape index (κ2) is 5.61. The Kier molecular flexibility index (Phi) is 4.43. The van der Waals surface area contributed by atoms with Gasteiger partial charge in [-0.3, -0.25) is 14.6 Å². The van der Waals surface area contributed by atoms with Crippen LogP contribution in [0.5, 0.6) is 0 Å². The van der Waals surface area contributed by atoms with Gasteiger partial charge in [-0.2, -0.15) is 0 Å². The normalized spacial score (nSPS) is 11.2. The molecule has 0 aliphatic rings. The van der Waals surface area contributed by atoms with Crippen LogP contribution in [0.15, 0.2) is 24.5 Å². The van der Waals surface area contributed by atoms with E-state index in [9.17, 15) is 4.79 Å². The smallest absolute Gasteiger partial charge is 0.243 e. The molecule has 88 valence electrons. The van der Waals surface area contributed by atoms with Crippen molar-refractivity contribution in [2.45, 2.75) is 39.2 Å². The van der Waals surface area contributed by atoms with E-state index >= 15 is 0 Å². The Morgan fingerprint density at radius 1 is 1.50 bits per heavy atom. The zero-order chi connectivity index (χ0) is 12.0. The Morgan fingerprint density at radius 2 is 2.25 bits per heavy atom. The van der Waals surface area contributed by atoms with Crippen molar-refractivity contribution in [3.05, 3.63) is 30.1 Å². The lowest BCUT2D eigenvalue weighted by Crippen LogP contribution is -2.33. The fourth-order valence-electron chi connectivity index (χ4n) is 1.06. The van der Waals surface area contributed by atoms with Gasteiger partial charge in [0, 0.05) is 18.8 Å². The molecule has 0 saturated heterocycles. The molecule has 0 unspecified atom stereocenters. The van der Waals surface area contributed by atoms with Crippen LogP contribution in [0.4, 0.5) is 0 Å². The minimum absolute atomic E-state index is 0.112. The average molecular weight is 222 g/mol. The monoisotopic (exact) mass is 222 g/mol. The fourth-order valence-corrected chi connectivity index (χ4v) is 1.06. The van der Waals surface area contributed by atoms with Gasteiger partial charge in [0.15, 0.2) is 0 Å². The van der Waals surface area contributed by atoms with Crippen LogP contribution < -0.4 is 5.48 Å². The van der Waals surface area contributed by atoms with E-state index in [0.29, 0.717) is 12.8 Å². The Balaban J connectivity index is 2.26. The summed E-state index contributed by atoms with van der Waals surface area (Å²) in [5.74, 6) is -0.112. The number of nitrogens with zero attached hydrogens (tertiary/aromatic N) is 1. The molecule has 0 bridgehead atoms. The van der Waals surface area contributed by atoms with Gasteiger partial charge in [-0.25, -0.2) is 5.48 Å². The highest BCUT2D eigenvalue weighted by Crippen LogP contribution is 2.04. The van der Waals surface area contributed by atoms with Crippen LogP contribution >= 0.6 is 0 Å². The van der Waals surface area contributed by atoms with Gasteiger partial charge in [-0.1, -0.05) is 6.07 Å². The van der Waals surface area contributed by atoms with Crippen molar-refractivity contribution < 1.29 is 9.63 Å². The van der Waals surface area contributed by atoms with Gasteiger partial charge in [0.05, 0.1) is 5.60 Å². The number of carbonyl (C=O) groups is 1. The number of amides is 1. The van der Waals surface area contributed by atoms with E-state index in [1.54, 1.807) is 12.4 Å². The number of rotatable bonds is 4. The molecule has 0 aromatic carbocycles. The molecule has 0 saturated carbocycles. The van der Waals surface area contributed by atoms with Gasteiger partial charge in [0.2, 0.25) is 5.91 Å². The van der Waals surface area contributed by atoms with E-state index < -0.39 is 0 Å². The predicted octanol–water partition coefficient (Wildman–Crippen LogP) is 1.86. The van der Waals surface area contributed by atoms with E-state index in [-0.39, 0.29) is 11.5 Å². The third-order valence-corrected chi connectivity index (χ3v) is 1.83. The second-order valence-electron chi connectivity index (χ2n) is 4.60.